The Labute approximate surface area is 103 Å². The van der Waals surface area contributed by atoms with E-state index in [9.17, 15) is 5.11 Å². The lowest BCUT2D eigenvalue weighted by Gasteiger charge is -2.29. The van der Waals surface area contributed by atoms with Crippen LogP contribution in [0.4, 0.5) is 0 Å². The van der Waals surface area contributed by atoms with E-state index < -0.39 is 0 Å². The molecule has 0 amide bonds. The van der Waals surface area contributed by atoms with Crippen LogP contribution in [0.3, 0.4) is 0 Å². The number of aromatic hydroxyl groups is 1. The van der Waals surface area contributed by atoms with Crippen LogP contribution in [0.5, 0.6) is 5.75 Å². The van der Waals surface area contributed by atoms with Crippen molar-refractivity contribution >= 4 is 11.6 Å². The van der Waals surface area contributed by atoms with Gasteiger partial charge in [-0.15, -0.1) is 11.6 Å². The Morgan fingerprint density at radius 2 is 1.94 bits per heavy atom. The van der Waals surface area contributed by atoms with Crippen molar-refractivity contribution in [1.82, 2.24) is 5.32 Å². The Morgan fingerprint density at radius 1 is 1.31 bits per heavy atom. The minimum atomic E-state index is 0.0969. The SMILES string of the molecule is CCC(C)(CCCl)NCc1ccc(O)cc1. The van der Waals surface area contributed by atoms with Gasteiger partial charge in [0.05, 0.1) is 0 Å². The molecule has 0 saturated heterocycles. The molecule has 1 aromatic carbocycles. The van der Waals surface area contributed by atoms with Crippen molar-refractivity contribution in [3.05, 3.63) is 29.8 Å². The second-order valence-electron chi connectivity index (χ2n) is 4.37. The summed E-state index contributed by atoms with van der Waals surface area (Å²) in [7, 11) is 0. The molecule has 0 fully saturated rings. The highest BCUT2D eigenvalue weighted by atomic mass is 35.5. The number of phenolic OH excluding ortho intramolecular Hbond substituents is 1. The van der Waals surface area contributed by atoms with Crippen LogP contribution in [-0.2, 0) is 6.54 Å². The summed E-state index contributed by atoms with van der Waals surface area (Å²) in [5.41, 5.74) is 1.27. The van der Waals surface area contributed by atoms with Gasteiger partial charge in [-0.2, -0.15) is 0 Å². The summed E-state index contributed by atoms with van der Waals surface area (Å²) in [6.07, 6.45) is 2.01. The van der Waals surface area contributed by atoms with Gasteiger partial charge in [0.2, 0.25) is 0 Å². The fourth-order valence-corrected chi connectivity index (χ4v) is 1.95. The molecule has 0 saturated carbocycles. The lowest BCUT2D eigenvalue weighted by atomic mass is 9.95. The molecule has 0 radical (unpaired) electrons. The molecule has 0 aliphatic rings. The summed E-state index contributed by atoms with van der Waals surface area (Å²) in [4.78, 5) is 0. The topological polar surface area (TPSA) is 32.3 Å². The van der Waals surface area contributed by atoms with E-state index in [2.05, 4.69) is 19.2 Å². The molecule has 0 aromatic heterocycles. The molecule has 1 unspecified atom stereocenters. The van der Waals surface area contributed by atoms with Crippen LogP contribution >= 0.6 is 11.6 Å². The molecule has 0 aliphatic carbocycles. The summed E-state index contributed by atoms with van der Waals surface area (Å²) in [6, 6.07) is 7.28. The van der Waals surface area contributed by atoms with Gasteiger partial charge in [0.1, 0.15) is 5.75 Å². The predicted octanol–water partition coefficient (Wildman–Crippen LogP) is 3.28. The number of nitrogens with one attached hydrogen (secondary N) is 1. The van der Waals surface area contributed by atoms with Crippen molar-refractivity contribution in [2.45, 2.75) is 38.8 Å². The molecule has 0 heterocycles. The number of alkyl halides is 1. The van der Waals surface area contributed by atoms with Gasteiger partial charge < -0.3 is 10.4 Å². The Balaban J connectivity index is 2.52. The first-order valence-corrected chi connectivity index (χ1v) is 6.22. The highest BCUT2D eigenvalue weighted by molar-refractivity contribution is 6.17. The third-order valence-corrected chi connectivity index (χ3v) is 3.27. The minimum absolute atomic E-state index is 0.0969. The number of hydrogen-bond donors (Lipinski definition) is 2. The standard InChI is InChI=1S/C13H20ClNO/c1-3-13(2,8-9-14)15-10-11-4-6-12(16)7-5-11/h4-7,15-16H,3,8-10H2,1-2H3. The molecule has 1 rings (SSSR count). The zero-order chi connectivity index (χ0) is 12.0. The third kappa shape index (κ3) is 4.03. The van der Waals surface area contributed by atoms with E-state index in [4.69, 9.17) is 11.6 Å². The highest BCUT2D eigenvalue weighted by Gasteiger charge is 2.19. The Bertz CT molecular complexity index is 312. The Morgan fingerprint density at radius 3 is 2.44 bits per heavy atom. The largest absolute Gasteiger partial charge is 0.508 e. The van der Waals surface area contributed by atoms with Gasteiger partial charge in [-0.05, 0) is 37.5 Å². The van der Waals surface area contributed by atoms with Crippen LogP contribution in [0.25, 0.3) is 0 Å². The summed E-state index contributed by atoms with van der Waals surface area (Å²) in [6.45, 7) is 5.16. The van der Waals surface area contributed by atoms with Crippen LogP contribution in [0.2, 0.25) is 0 Å². The maximum atomic E-state index is 9.18. The van der Waals surface area contributed by atoms with Gasteiger partial charge in [0.25, 0.3) is 0 Å². The number of phenols is 1. The molecule has 1 atom stereocenters. The van der Waals surface area contributed by atoms with Gasteiger partial charge in [0, 0.05) is 18.0 Å². The second-order valence-corrected chi connectivity index (χ2v) is 4.75. The molecular formula is C13H20ClNO. The molecule has 1 aromatic rings. The average molecular weight is 242 g/mol. The molecule has 90 valence electrons. The fraction of sp³-hybridized carbons (Fsp3) is 0.538. The summed E-state index contributed by atoms with van der Waals surface area (Å²) < 4.78 is 0. The van der Waals surface area contributed by atoms with Gasteiger partial charge in [-0.1, -0.05) is 19.1 Å². The molecule has 0 spiro atoms. The first-order valence-electron chi connectivity index (χ1n) is 5.68. The molecule has 2 nitrogen and oxygen atoms in total. The minimum Gasteiger partial charge on any atom is -0.508 e. The molecule has 0 aliphatic heterocycles. The summed E-state index contributed by atoms with van der Waals surface area (Å²) in [5.74, 6) is 0.982. The monoisotopic (exact) mass is 241 g/mol. The lowest BCUT2D eigenvalue weighted by Crippen LogP contribution is -2.41. The summed E-state index contributed by atoms with van der Waals surface area (Å²) >= 11 is 5.79. The van der Waals surface area contributed by atoms with Crippen molar-refractivity contribution in [3.8, 4) is 5.75 Å². The van der Waals surface area contributed by atoms with E-state index in [0.717, 1.165) is 19.4 Å². The van der Waals surface area contributed by atoms with Gasteiger partial charge in [0.15, 0.2) is 0 Å². The van der Waals surface area contributed by atoms with Crippen LogP contribution < -0.4 is 5.32 Å². The van der Waals surface area contributed by atoms with Crippen molar-refractivity contribution in [2.75, 3.05) is 5.88 Å². The number of rotatable bonds is 6. The third-order valence-electron chi connectivity index (χ3n) is 3.08. The quantitative estimate of drug-likeness (QED) is 0.750. The highest BCUT2D eigenvalue weighted by Crippen LogP contribution is 2.17. The number of benzene rings is 1. The molecule has 16 heavy (non-hydrogen) atoms. The van der Waals surface area contributed by atoms with E-state index in [0.29, 0.717) is 11.6 Å². The molecule has 3 heteroatoms. The molecule has 2 N–H and O–H groups in total. The van der Waals surface area contributed by atoms with Crippen LogP contribution in [0.15, 0.2) is 24.3 Å². The zero-order valence-electron chi connectivity index (χ0n) is 9.96. The van der Waals surface area contributed by atoms with E-state index in [1.54, 1.807) is 12.1 Å². The van der Waals surface area contributed by atoms with E-state index in [1.807, 2.05) is 12.1 Å². The number of halogens is 1. The average Bonchev–Trinajstić information content (AvgIpc) is 2.29. The van der Waals surface area contributed by atoms with Crippen LogP contribution in [0.1, 0.15) is 32.3 Å². The van der Waals surface area contributed by atoms with Crippen molar-refractivity contribution in [1.29, 1.82) is 0 Å². The Kier molecular flexibility index (Phi) is 5.10. The van der Waals surface area contributed by atoms with Crippen molar-refractivity contribution in [3.63, 3.8) is 0 Å². The fourth-order valence-electron chi connectivity index (χ4n) is 1.53. The van der Waals surface area contributed by atoms with E-state index >= 15 is 0 Å². The Hall–Kier alpha value is -0.730. The maximum absolute atomic E-state index is 9.18. The first-order chi connectivity index (χ1) is 7.59. The maximum Gasteiger partial charge on any atom is 0.115 e. The van der Waals surface area contributed by atoms with Crippen LogP contribution in [-0.4, -0.2) is 16.5 Å². The zero-order valence-corrected chi connectivity index (χ0v) is 10.7. The van der Waals surface area contributed by atoms with Gasteiger partial charge in [-0.3, -0.25) is 0 Å². The lowest BCUT2D eigenvalue weighted by molar-refractivity contribution is 0.331. The molecular weight excluding hydrogens is 222 g/mol. The number of hydrogen-bond acceptors (Lipinski definition) is 2. The van der Waals surface area contributed by atoms with Crippen LogP contribution in [0, 0.1) is 0 Å². The van der Waals surface area contributed by atoms with Crippen molar-refractivity contribution < 1.29 is 5.11 Å². The normalized spacial score (nSPS) is 14.7. The second kappa shape index (κ2) is 6.12. The van der Waals surface area contributed by atoms with E-state index in [-0.39, 0.29) is 5.54 Å². The smallest absolute Gasteiger partial charge is 0.115 e. The van der Waals surface area contributed by atoms with E-state index in [1.165, 1.54) is 5.56 Å². The predicted molar refractivity (Wildman–Crippen MR) is 69.0 cm³/mol. The first kappa shape index (κ1) is 13.3. The molecule has 0 bridgehead atoms. The van der Waals surface area contributed by atoms with Gasteiger partial charge in [-0.25, -0.2) is 0 Å². The van der Waals surface area contributed by atoms with Crippen molar-refractivity contribution in [2.24, 2.45) is 0 Å². The van der Waals surface area contributed by atoms with Gasteiger partial charge >= 0.3 is 0 Å². The summed E-state index contributed by atoms with van der Waals surface area (Å²) in [5, 5.41) is 12.7.